The van der Waals surface area contributed by atoms with Crippen LogP contribution in [0.4, 0.5) is 0 Å². The maximum absolute atomic E-state index is 11.6. The lowest BCUT2D eigenvalue weighted by Gasteiger charge is -2.50. The molecule has 6 unspecified atom stereocenters. The lowest BCUT2D eigenvalue weighted by Crippen LogP contribution is -2.69. The third-order valence-electron chi connectivity index (χ3n) is 9.07. The number of nitrogens with one attached hydrogen (secondary N) is 3. The Bertz CT molecular complexity index is 880. The molecule has 2 aliphatic carbocycles. The van der Waals surface area contributed by atoms with Crippen molar-refractivity contribution < 1.29 is 44.5 Å². The molecule has 14 N–H and O–H groups in total. The molecule has 2 saturated carbocycles. The molecular formula is C26H50N6O9. The fourth-order valence-corrected chi connectivity index (χ4v) is 6.08. The van der Waals surface area contributed by atoms with Gasteiger partial charge < -0.3 is 72.3 Å². The molecule has 0 bridgehead atoms. The second-order valence-corrected chi connectivity index (χ2v) is 12.5. The fourth-order valence-electron chi connectivity index (χ4n) is 6.08. The first-order chi connectivity index (χ1) is 19.3. The minimum Gasteiger partial charge on any atom is -0.395 e. The normalized spacial score (nSPS) is 48.8. The van der Waals surface area contributed by atoms with E-state index in [0.717, 1.165) is 0 Å². The van der Waals surface area contributed by atoms with Crippen molar-refractivity contribution in [2.24, 2.45) is 23.1 Å². The van der Waals surface area contributed by atoms with Crippen LogP contribution in [0, 0.1) is 11.3 Å². The average molecular weight is 591 g/mol. The summed E-state index contributed by atoms with van der Waals surface area (Å²) in [5.41, 5.74) is 16.0. The van der Waals surface area contributed by atoms with Crippen molar-refractivity contribution in [1.82, 2.24) is 10.6 Å². The van der Waals surface area contributed by atoms with Crippen LogP contribution in [-0.2, 0) is 18.9 Å². The van der Waals surface area contributed by atoms with Crippen molar-refractivity contribution in [3.8, 4) is 0 Å². The zero-order valence-electron chi connectivity index (χ0n) is 23.9. The first-order valence-electron chi connectivity index (χ1n) is 14.6. The second-order valence-electron chi connectivity index (χ2n) is 12.5. The Morgan fingerprint density at radius 2 is 1.71 bits per heavy atom. The number of hydrogen-bond donors (Lipinski definition) is 11. The first kappa shape index (κ1) is 32.9. The number of aliphatic hydroxyl groups excluding tert-OH is 3. The SMILES string of the molecule is C[C@@H]1C(O)[C@@H](OC2C(O)C(O[C@H]3O[C@H](CNCCO)CCC3N)[C@@H](N)C[C@H]2NC(=N)C2(O)CC(N)C2)OCC1(C)O. The van der Waals surface area contributed by atoms with Gasteiger partial charge in [0.05, 0.1) is 37.0 Å². The Balaban J connectivity index is 1.49. The van der Waals surface area contributed by atoms with E-state index < -0.39 is 72.2 Å². The highest BCUT2D eigenvalue weighted by Crippen LogP contribution is 2.36. The molecule has 0 aromatic heterocycles. The van der Waals surface area contributed by atoms with E-state index in [9.17, 15) is 20.4 Å². The van der Waals surface area contributed by atoms with E-state index in [1.807, 2.05) is 0 Å². The van der Waals surface area contributed by atoms with E-state index in [1.54, 1.807) is 13.8 Å². The van der Waals surface area contributed by atoms with Crippen LogP contribution < -0.4 is 27.8 Å². The summed E-state index contributed by atoms with van der Waals surface area (Å²) in [6.07, 6.45) is -4.95. The smallest absolute Gasteiger partial charge is 0.184 e. The van der Waals surface area contributed by atoms with E-state index in [0.29, 0.717) is 25.9 Å². The molecule has 0 radical (unpaired) electrons. The van der Waals surface area contributed by atoms with Crippen molar-refractivity contribution >= 4 is 5.84 Å². The molecule has 0 aromatic rings. The lowest BCUT2D eigenvalue weighted by atomic mass is 9.74. The molecule has 0 amide bonds. The van der Waals surface area contributed by atoms with Gasteiger partial charge in [-0.3, -0.25) is 5.41 Å². The first-order valence-corrected chi connectivity index (χ1v) is 14.6. The maximum Gasteiger partial charge on any atom is 0.184 e. The largest absolute Gasteiger partial charge is 0.395 e. The third-order valence-corrected chi connectivity index (χ3v) is 9.07. The number of amidine groups is 1. The Labute approximate surface area is 240 Å². The van der Waals surface area contributed by atoms with Gasteiger partial charge in [0.1, 0.15) is 35.9 Å². The Hall–Kier alpha value is -1.05. The zero-order valence-corrected chi connectivity index (χ0v) is 23.9. The van der Waals surface area contributed by atoms with Gasteiger partial charge in [-0.25, -0.2) is 0 Å². The molecule has 15 heteroatoms. The number of hydrogen-bond acceptors (Lipinski definition) is 14. The average Bonchev–Trinajstić information content (AvgIpc) is 2.89. The summed E-state index contributed by atoms with van der Waals surface area (Å²) < 4.78 is 24.1. The van der Waals surface area contributed by atoms with Crippen molar-refractivity contribution in [3.63, 3.8) is 0 Å². The van der Waals surface area contributed by atoms with Crippen LogP contribution in [0.25, 0.3) is 0 Å². The summed E-state index contributed by atoms with van der Waals surface area (Å²) in [5.74, 6) is -0.753. The molecule has 4 rings (SSSR count). The van der Waals surface area contributed by atoms with Gasteiger partial charge in [0, 0.05) is 31.1 Å². The van der Waals surface area contributed by atoms with Crippen molar-refractivity contribution in [3.05, 3.63) is 0 Å². The summed E-state index contributed by atoms with van der Waals surface area (Å²) in [5, 5.41) is 67.4. The van der Waals surface area contributed by atoms with E-state index >= 15 is 0 Å². The Kier molecular flexibility index (Phi) is 10.7. The van der Waals surface area contributed by atoms with Gasteiger partial charge in [-0.15, -0.1) is 0 Å². The fraction of sp³-hybridized carbons (Fsp3) is 0.962. The van der Waals surface area contributed by atoms with Gasteiger partial charge in [0.25, 0.3) is 0 Å². The van der Waals surface area contributed by atoms with Crippen LogP contribution in [0.1, 0.15) is 46.0 Å². The predicted octanol–water partition coefficient (Wildman–Crippen LogP) is -3.85. The number of rotatable bonds is 10. The molecule has 4 fully saturated rings. The molecule has 12 atom stereocenters. The van der Waals surface area contributed by atoms with E-state index in [1.165, 1.54) is 0 Å². The molecule has 238 valence electrons. The topological polar surface area (TPSA) is 264 Å². The summed E-state index contributed by atoms with van der Waals surface area (Å²) in [7, 11) is 0. The highest BCUT2D eigenvalue weighted by Gasteiger charge is 2.52. The number of aliphatic hydroxyl groups is 5. The lowest BCUT2D eigenvalue weighted by molar-refractivity contribution is -0.313. The number of ether oxygens (including phenoxy) is 4. The molecule has 2 saturated heterocycles. The van der Waals surface area contributed by atoms with Crippen LogP contribution >= 0.6 is 0 Å². The van der Waals surface area contributed by atoms with Gasteiger partial charge >= 0.3 is 0 Å². The molecule has 4 aliphatic rings. The number of nitrogens with two attached hydrogens (primary N) is 3. The molecule has 2 heterocycles. The van der Waals surface area contributed by atoms with Crippen LogP contribution in [0.5, 0.6) is 0 Å². The minimum atomic E-state index is -1.41. The molecule has 0 aromatic carbocycles. The Morgan fingerprint density at radius 1 is 1.02 bits per heavy atom. The van der Waals surface area contributed by atoms with Gasteiger partial charge in [-0.05, 0) is 39.0 Å². The van der Waals surface area contributed by atoms with E-state index in [2.05, 4.69) is 10.6 Å². The van der Waals surface area contributed by atoms with Crippen LogP contribution in [0.3, 0.4) is 0 Å². The van der Waals surface area contributed by atoms with Crippen molar-refractivity contribution in [2.45, 2.75) is 124 Å². The minimum absolute atomic E-state index is 0.00324. The third kappa shape index (κ3) is 7.37. The van der Waals surface area contributed by atoms with E-state index in [-0.39, 0.29) is 50.5 Å². The summed E-state index contributed by atoms with van der Waals surface area (Å²) in [6.45, 7) is 4.07. The van der Waals surface area contributed by atoms with Gasteiger partial charge in [-0.2, -0.15) is 0 Å². The highest BCUT2D eigenvalue weighted by molar-refractivity contribution is 5.89. The summed E-state index contributed by atoms with van der Waals surface area (Å²) in [4.78, 5) is 0. The molecule has 0 spiro atoms. The monoisotopic (exact) mass is 590 g/mol. The van der Waals surface area contributed by atoms with Crippen LogP contribution in [0.15, 0.2) is 0 Å². The standard InChI is InChI=1S/C26H50N6O9/c1-12-18(34)23(38-11-25(12,2)36)41-21-17(32-24(30)26(37)8-13(27)9-26)7-16(29)20(19(21)35)40-22-15(28)4-3-14(39-22)10-31-5-6-33/h12-23,31,33-37H,3-11,27-29H2,1-2H3,(H2,30,32)/t12-,13?,14+,15?,16+,17-,18?,19?,20?,21?,22-,23-,25?,26?/m1/s1. The van der Waals surface area contributed by atoms with Crippen LogP contribution in [-0.4, -0.2) is 136 Å². The molecular weight excluding hydrogens is 540 g/mol. The zero-order chi connectivity index (χ0) is 30.1. The van der Waals surface area contributed by atoms with Gasteiger partial charge in [-0.1, -0.05) is 6.92 Å². The van der Waals surface area contributed by atoms with E-state index in [4.69, 9.17) is 46.7 Å². The van der Waals surface area contributed by atoms with Crippen molar-refractivity contribution in [2.75, 3.05) is 26.3 Å². The highest BCUT2D eigenvalue weighted by atomic mass is 16.7. The van der Waals surface area contributed by atoms with Crippen molar-refractivity contribution in [1.29, 1.82) is 5.41 Å². The molecule has 15 nitrogen and oxygen atoms in total. The maximum atomic E-state index is 11.6. The van der Waals surface area contributed by atoms with Gasteiger partial charge in [0.2, 0.25) is 0 Å². The van der Waals surface area contributed by atoms with Gasteiger partial charge in [0.15, 0.2) is 12.6 Å². The summed E-state index contributed by atoms with van der Waals surface area (Å²) >= 11 is 0. The quantitative estimate of drug-likeness (QED) is 0.0661. The second kappa shape index (κ2) is 13.3. The predicted molar refractivity (Wildman–Crippen MR) is 147 cm³/mol. The summed E-state index contributed by atoms with van der Waals surface area (Å²) in [6, 6.07) is -2.16. The molecule has 41 heavy (non-hydrogen) atoms. The Morgan fingerprint density at radius 3 is 2.37 bits per heavy atom. The molecule has 2 aliphatic heterocycles. The van der Waals surface area contributed by atoms with Crippen LogP contribution in [0.2, 0.25) is 0 Å².